The average molecular weight is 658 g/mol. The van der Waals surface area contributed by atoms with Gasteiger partial charge in [-0.2, -0.15) is 0 Å². The molecule has 3 aromatic carbocycles. The van der Waals surface area contributed by atoms with E-state index < -0.39 is 5.43 Å². The van der Waals surface area contributed by atoms with Gasteiger partial charge in [-0.3, -0.25) is 14.2 Å². The van der Waals surface area contributed by atoms with Crippen LogP contribution < -0.4 is 39.4 Å². The number of benzene rings is 3. The lowest BCUT2D eigenvalue weighted by Gasteiger charge is -2.17. The van der Waals surface area contributed by atoms with E-state index in [0.29, 0.717) is 68.9 Å². The van der Waals surface area contributed by atoms with Crippen molar-refractivity contribution in [1.82, 2.24) is 9.55 Å². The molecule has 13 heteroatoms. The van der Waals surface area contributed by atoms with Gasteiger partial charge >= 0.3 is 0 Å². The fraction of sp³-hybridized carbons (Fsp3) is 0.281. The number of aryl methyl sites for hydroxylation is 1. The molecule has 0 fully saturated rings. The zero-order valence-electron chi connectivity index (χ0n) is 25.2. The van der Waals surface area contributed by atoms with E-state index in [0.717, 1.165) is 0 Å². The van der Waals surface area contributed by atoms with Crippen molar-refractivity contribution in [2.45, 2.75) is 19.4 Å². The van der Waals surface area contributed by atoms with Gasteiger partial charge in [-0.25, -0.2) is 4.98 Å². The zero-order valence-corrected chi connectivity index (χ0v) is 26.7. The maximum atomic E-state index is 14.0. The summed E-state index contributed by atoms with van der Waals surface area (Å²) in [4.78, 5) is 31.3. The standard InChI is InChI=1S/C32H30Cl2N2O9/c1-39-19-14-22(40-2)26-23(15-19)45-29(17-10-24(41-3)30(43-5)25(11-17)42-4)31(28(26)37)44-9-7-6-8-36-16-35-27-20(32(36)38)12-18(33)13-21(27)34/h10-16H,6-9H2,1-5H3. The highest BCUT2D eigenvalue weighted by atomic mass is 35.5. The summed E-state index contributed by atoms with van der Waals surface area (Å²) in [6.07, 6.45) is 2.49. The summed E-state index contributed by atoms with van der Waals surface area (Å²) in [6.45, 7) is 0.495. The molecule has 2 heterocycles. The summed E-state index contributed by atoms with van der Waals surface area (Å²) in [7, 11) is 7.43. The van der Waals surface area contributed by atoms with E-state index in [1.165, 1.54) is 46.4 Å². The van der Waals surface area contributed by atoms with Gasteiger partial charge in [0.1, 0.15) is 22.5 Å². The van der Waals surface area contributed by atoms with E-state index in [1.54, 1.807) is 36.4 Å². The molecule has 0 aliphatic carbocycles. The van der Waals surface area contributed by atoms with Gasteiger partial charge in [0.25, 0.3) is 5.56 Å². The average Bonchev–Trinajstić information content (AvgIpc) is 3.04. The predicted molar refractivity (Wildman–Crippen MR) is 171 cm³/mol. The Hall–Kier alpha value is -4.61. The predicted octanol–water partition coefficient (Wildman–Crippen LogP) is 6.38. The van der Waals surface area contributed by atoms with E-state index in [4.69, 9.17) is 56.0 Å². The lowest BCUT2D eigenvalue weighted by atomic mass is 10.1. The number of halogens is 2. The first-order chi connectivity index (χ1) is 21.7. The van der Waals surface area contributed by atoms with Crippen molar-refractivity contribution in [2.24, 2.45) is 0 Å². The number of fused-ring (bicyclic) bond motifs is 2. The Morgan fingerprint density at radius 1 is 0.800 bits per heavy atom. The van der Waals surface area contributed by atoms with Crippen LogP contribution in [0.5, 0.6) is 34.5 Å². The Morgan fingerprint density at radius 3 is 2.16 bits per heavy atom. The molecule has 0 spiro atoms. The molecule has 0 N–H and O–H groups in total. The third-order valence-corrected chi connectivity index (χ3v) is 7.67. The van der Waals surface area contributed by atoms with Crippen molar-refractivity contribution in [1.29, 1.82) is 0 Å². The summed E-state index contributed by atoms with van der Waals surface area (Å²) >= 11 is 12.3. The van der Waals surface area contributed by atoms with Crippen LogP contribution >= 0.6 is 23.2 Å². The summed E-state index contributed by atoms with van der Waals surface area (Å²) in [6, 6.07) is 9.60. The molecule has 5 aromatic rings. The highest BCUT2D eigenvalue weighted by Gasteiger charge is 2.24. The first kappa shape index (κ1) is 31.8. The first-order valence-electron chi connectivity index (χ1n) is 13.7. The minimum Gasteiger partial charge on any atom is -0.496 e. The molecule has 0 bridgehead atoms. The molecule has 0 aliphatic heterocycles. The molecule has 2 aromatic heterocycles. The Labute approximate surface area is 267 Å². The van der Waals surface area contributed by atoms with Crippen molar-refractivity contribution in [3.05, 3.63) is 73.3 Å². The topological polar surface area (TPSA) is 120 Å². The largest absolute Gasteiger partial charge is 0.496 e. The molecule has 0 saturated heterocycles. The minimum absolute atomic E-state index is 0.0333. The number of nitrogens with zero attached hydrogens (tertiary/aromatic N) is 2. The van der Waals surface area contributed by atoms with Crippen LogP contribution in [0, 0.1) is 0 Å². The fourth-order valence-electron chi connectivity index (χ4n) is 4.97. The van der Waals surface area contributed by atoms with E-state index in [9.17, 15) is 9.59 Å². The second-order valence-corrected chi connectivity index (χ2v) is 10.6. The van der Waals surface area contributed by atoms with Crippen molar-refractivity contribution in [3.8, 4) is 45.8 Å². The Kier molecular flexibility index (Phi) is 9.60. The van der Waals surface area contributed by atoms with Crippen molar-refractivity contribution < 1.29 is 32.8 Å². The fourth-order valence-corrected chi connectivity index (χ4v) is 5.51. The highest BCUT2D eigenvalue weighted by Crippen LogP contribution is 2.44. The van der Waals surface area contributed by atoms with Gasteiger partial charge in [0, 0.05) is 29.3 Å². The molecule has 0 radical (unpaired) electrons. The van der Waals surface area contributed by atoms with Crippen LogP contribution in [0.4, 0.5) is 0 Å². The second-order valence-electron chi connectivity index (χ2n) is 9.79. The van der Waals surface area contributed by atoms with Crippen LogP contribution in [-0.4, -0.2) is 51.7 Å². The smallest absolute Gasteiger partial charge is 0.261 e. The van der Waals surface area contributed by atoms with Gasteiger partial charge in [0.15, 0.2) is 17.3 Å². The Balaban J connectivity index is 1.48. The lowest BCUT2D eigenvalue weighted by Crippen LogP contribution is -2.21. The summed E-state index contributed by atoms with van der Waals surface area (Å²) in [5.74, 6) is 1.92. The summed E-state index contributed by atoms with van der Waals surface area (Å²) in [5, 5.41) is 1.18. The number of rotatable bonds is 12. The van der Waals surface area contributed by atoms with Crippen LogP contribution in [-0.2, 0) is 6.54 Å². The van der Waals surface area contributed by atoms with E-state index in [1.807, 2.05) is 0 Å². The quantitative estimate of drug-likeness (QED) is 0.140. The van der Waals surface area contributed by atoms with E-state index >= 15 is 0 Å². The first-order valence-corrected chi connectivity index (χ1v) is 14.5. The van der Waals surface area contributed by atoms with Crippen LogP contribution in [0.1, 0.15) is 12.8 Å². The molecule has 0 unspecified atom stereocenters. The Morgan fingerprint density at radius 2 is 1.51 bits per heavy atom. The number of aromatic nitrogens is 2. The van der Waals surface area contributed by atoms with Crippen LogP contribution in [0.25, 0.3) is 33.2 Å². The summed E-state index contributed by atoms with van der Waals surface area (Å²) in [5.41, 5.74) is 0.374. The SMILES string of the molecule is COc1cc(OC)c2c(=O)c(OCCCCn3cnc4c(Cl)cc(Cl)cc4c3=O)c(-c3cc(OC)c(OC)c(OC)c3)oc2c1. The van der Waals surface area contributed by atoms with Crippen LogP contribution in [0.15, 0.2) is 56.7 Å². The molecule has 45 heavy (non-hydrogen) atoms. The molecule has 0 saturated carbocycles. The van der Waals surface area contributed by atoms with Crippen molar-refractivity contribution in [2.75, 3.05) is 42.2 Å². The van der Waals surface area contributed by atoms with Crippen LogP contribution in [0.3, 0.4) is 0 Å². The Bertz CT molecular complexity index is 1980. The van der Waals surface area contributed by atoms with Gasteiger partial charge in [-0.15, -0.1) is 0 Å². The normalized spacial score (nSPS) is 11.1. The number of hydrogen-bond acceptors (Lipinski definition) is 10. The number of ether oxygens (including phenoxy) is 6. The second kappa shape index (κ2) is 13.6. The molecule has 11 nitrogen and oxygen atoms in total. The third kappa shape index (κ3) is 6.18. The maximum absolute atomic E-state index is 14.0. The van der Waals surface area contributed by atoms with Crippen molar-refractivity contribution >= 4 is 45.1 Å². The molecular weight excluding hydrogens is 627 g/mol. The maximum Gasteiger partial charge on any atom is 0.261 e. The molecular formula is C32H30Cl2N2O9. The molecule has 0 aliphatic rings. The summed E-state index contributed by atoms with van der Waals surface area (Å²) < 4.78 is 41.3. The van der Waals surface area contributed by atoms with Crippen molar-refractivity contribution in [3.63, 3.8) is 0 Å². The zero-order chi connectivity index (χ0) is 32.2. The van der Waals surface area contributed by atoms with E-state index in [-0.39, 0.29) is 40.4 Å². The molecule has 0 atom stereocenters. The third-order valence-electron chi connectivity index (χ3n) is 7.16. The van der Waals surface area contributed by atoms with Gasteiger partial charge < -0.3 is 32.8 Å². The lowest BCUT2D eigenvalue weighted by molar-refractivity contribution is 0.295. The molecule has 236 valence electrons. The van der Waals surface area contributed by atoms with E-state index in [2.05, 4.69) is 4.98 Å². The molecule has 5 rings (SSSR count). The van der Waals surface area contributed by atoms with Gasteiger partial charge in [0.2, 0.25) is 16.9 Å². The number of unbranched alkanes of at least 4 members (excludes halogenated alkanes) is 1. The number of hydrogen-bond donors (Lipinski definition) is 0. The van der Waals surface area contributed by atoms with Gasteiger partial charge in [-0.1, -0.05) is 23.2 Å². The van der Waals surface area contributed by atoms with Gasteiger partial charge in [0.05, 0.1) is 64.4 Å². The van der Waals surface area contributed by atoms with Crippen LogP contribution in [0.2, 0.25) is 10.0 Å². The monoisotopic (exact) mass is 656 g/mol. The minimum atomic E-state index is -0.441. The highest BCUT2D eigenvalue weighted by molar-refractivity contribution is 6.38. The van der Waals surface area contributed by atoms with Gasteiger partial charge in [-0.05, 0) is 37.1 Å². The molecule has 0 amide bonds. The number of methoxy groups -OCH3 is 5.